The lowest BCUT2D eigenvalue weighted by atomic mass is 10.2. The summed E-state index contributed by atoms with van der Waals surface area (Å²) in [6, 6.07) is 5.94. The number of hydrogen-bond acceptors (Lipinski definition) is 3. The van der Waals surface area contributed by atoms with Gasteiger partial charge in [-0.3, -0.25) is 0 Å². The minimum Gasteiger partial charge on any atom is -0.492 e. The monoisotopic (exact) mass is 342 g/mol. The highest BCUT2D eigenvalue weighted by molar-refractivity contribution is 6.32. The summed E-state index contributed by atoms with van der Waals surface area (Å²) >= 11 is 6.13. The number of hydrogen-bond donors (Lipinski definition) is 2. The van der Waals surface area contributed by atoms with Crippen molar-refractivity contribution in [3.05, 3.63) is 28.8 Å². The molecule has 0 fully saturated rings. The molecule has 0 amide bonds. The average Bonchev–Trinajstić information content (AvgIpc) is 2.37. The maximum atomic E-state index is 6.13. The molecule has 0 bridgehead atoms. The largest absolute Gasteiger partial charge is 0.492 e. The first kappa shape index (κ1) is 22.1. The molecule has 0 unspecified atom stereocenters. The first-order chi connectivity index (χ1) is 8.77. The van der Waals surface area contributed by atoms with Gasteiger partial charge in [-0.2, -0.15) is 0 Å². The van der Waals surface area contributed by atoms with Crippen molar-refractivity contribution >= 4 is 36.4 Å². The normalized spacial score (nSPS) is 9.55. The quantitative estimate of drug-likeness (QED) is 0.671. The summed E-state index contributed by atoms with van der Waals surface area (Å²) in [6.45, 7) is 8.67. The van der Waals surface area contributed by atoms with Crippen LogP contribution in [0.1, 0.15) is 25.8 Å². The van der Waals surface area contributed by atoms with E-state index in [9.17, 15) is 0 Å². The van der Waals surface area contributed by atoms with Gasteiger partial charge in [0.1, 0.15) is 5.75 Å². The van der Waals surface area contributed by atoms with Crippen molar-refractivity contribution < 1.29 is 4.74 Å². The molecule has 2 N–H and O–H groups in total. The Hall–Kier alpha value is -0.190. The molecule has 6 heteroatoms. The summed E-state index contributed by atoms with van der Waals surface area (Å²) in [7, 11) is 0. The van der Waals surface area contributed by atoms with Gasteiger partial charge in [0.25, 0.3) is 0 Å². The second-order valence-electron chi connectivity index (χ2n) is 4.08. The zero-order valence-corrected chi connectivity index (χ0v) is 14.5. The second kappa shape index (κ2) is 13.8. The van der Waals surface area contributed by atoms with Crippen LogP contribution in [-0.2, 0) is 6.54 Å². The van der Waals surface area contributed by atoms with Crippen LogP contribution in [0.15, 0.2) is 18.2 Å². The first-order valence-electron chi connectivity index (χ1n) is 6.60. The Morgan fingerprint density at radius 3 is 2.40 bits per heavy atom. The van der Waals surface area contributed by atoms with Crippen LogP contribution in [-0.4, -0.2) is 26.2 Å². The Kier molecular flexibility index (Phi) is 15.2. The molecule has 0 aromatic heterocycles. The summed E-state index contributed by atoms with van der Waals surface area (Å²) in [5, 5.41) is 7.38. The molecule has 0 aliphatic carbocycles. The number of nitrogens with one attached hydrogen (secondary N) is 2. The predicted molar refractivity (Wildman–Crippen MR) is 92.0 cm³/mol. The standard InChI is InChI=1S/C14H23ClN2O.2ClH/c1-3-16-8-5-9-17-11-12-6-7-14(18-4-2)13(15)10-12;;/h6-7,10,16-17H,3-5,8-9,11H2,1-2H3;2*1H. The van der Waals surface area contributed by atoms with Crippen LogP contribution in [0.25, 0.3) is 0 Å². The molecule has 1 aromatic rings. The number of benzene rings is 1. The lowest BCUT2D eigenvalue weighted by Gasteiger charge is -2.09. The lowest BCUT2D eigenvalue weighted by molar-refractivity contribution is 0.340. The third kappa shape index (κ3) is 8.88. The van der Waals surface area contributed by atoms with Crippen LogP contribution in [0, 0.1) is 0 Å². The van der Waals surface area contributed by atoms with E-state index in [1.807, 2.05) is 25.1 Å². The molecule has 118 valence electrons. The van der Waals surface area contributed by atoms with E-state index in [-0.39, 0.29) is 24.8 Å². The van der Waals surface area contributed by atoms with Crippen molar-refractivity contribution in [2.75, 3.05) is 26.2 Å². The molecule has 1 rings (SSSR count). The minimum atomic E-state index is 0. The molecule has 1 aromatic carbocycles. The second-order valence-corrected chi connectivity index (χ2v) is 4.49. The van der Waals surface area contributed by atoms with E-state index in [0.717, 1.165) is 38.3 Å². The van der Waals surface area contributed by atoms with Gasteiger partial charge >= 0.3 is 0 Å². The summed E-state index contributed by atoms with van der Waals surface area (Å²) in [4.78, 5) is 0. The molecule has 0 aliphatic rings. The SMILES string of the molecule is CCNCCCNCc1ccc(OCC)c(Cl)c1.Cl.Cl. The van der Waals surface area contributed by atoms with Gasteiger partial charge in [0, 0.05) is 6.54 Å². The molecule has 0 aliphatic heterocycles. The fourth-order valence-electron chi connectivity index (χ4n) is 1.67. The van der Waals surface area contributed by atoms with E-state index in [1.54, 1.807) is 0 Å². The Bertz CT molecular complexity index is 351. The van der Waals surface area contributed by atoms with Crippen molar-refractivity contribution in [1.29, 1.82) is 0 Å². The van der Waals surface area contributed by atoms with Crippen LogP contribution < -0.4 is 15.4 Å². The molecule has 0 spiro atoms. The summed E-state index contributed by atoms with van der Waals surface area (Å²) < 4.78 is 5.40. The van der Waals surface area contributed by atoms with E-state index in [0.29, 0.717) is 11.6 Å². The number of halogens is 3. The zero-order chi connectivity index (χ0) is 13.2. The van der Waals surface area contributed by atoms with E-state index in [4.69, 9.17) is 16.3 Å². The number of ether oxygens (including phenoxy) is 1. The van der Waals surface area contributed by atoms with Gasteiger partial charge < -0.3 is 15.4 Å². The van der Waals surface area contributed by atoms with Crippen LogP contribution in [0.2, 0.25) is 5.02 Å². The van der Waals surface area contributed by atoms with Gasteiger partial charge in [-0.15, -0.1) is 24.8 Å². The Morgan fingerprint density at radius 2 is 1.80 bits per heavy atom. The molecule has 20 heavy (non-hydrogen) atoms. The van der Waals surface area contributed by atoms with E-state index < -0.39 is 0 Å². The minimum absolute atomic E-state index is 0. The highest BCUT2D eigenvalue weighted by Crippen LogP contribution is 2.25. The zero-order valence-electron chi connectivity index (χ0n) is 12.1. The Morgan fingerprint density at radius 1 is 1.10 bits per heavy atom. The fraction of sp³-hybridized carbons (Fsp3) is 0.571. The van der Waals surface area contributed by atoms with Crippen molar-refractivity contribution in [2.24, 2.45) is 0 Å². The van der Waals surface area contributed by atoms with Gasteiger partial charge in [-0.25, -0.2) is 0 Å². The molecular formula is C14H25Cl3N2O. The summed E-state index contributed by atoms with van der Waals surface area (Å²) in [5.41, 5.74) is 1.19. The highest BCUT2D eigenvalue weighted by Gasteiger charge is 2.02. The third-order valence-corrected chi connectivity index (χ3v) is 2.88. The summed E-state index contributed by atoms with van der Waals surface area (Å²) in [5.74, 6) is 0.759. The highest BCUT2D eigenvalue weighted by atomic mass is 35.5. The molecule has 0 radical (unpaired) electrons. The topological polar surface area (TPSA) is 33.3 Å². The van der Waals surface area contributed by atoms with Crippen LogP contribution >= 0.6 is 36.4 Å². The molecule has 0 saturated heterocycles. The van der Waals surface area contributed by atoms with Gasteiger partial charge in [-0.05, 0) is 50.7 Å². The number of rotatable bonds is 9. The maximum absolute atomic E-state index is 6.13. The lowest BCUT2D eigenvalue weighted by Crippen LogP contribution is -2.21. The summed E-state index contributed by atoms with van der Waals surface area (Å²) in [6.07, 6.45) is 1.14. The average molecular weight is 344 g/mol. The van der Waals surface area contributed by atoms with Crippen molar-refractivity contribution in [3.8, 4) is 5.75 Å². The molecule has 0 atom stereocenters. The predicted octanol–water partition coefficient (Wildman–Crippen LogP) is 3.67. The fourth-order valence-corrected chi connectivity index (χ4v) is 1.93. The first-order valence-corrected chi connectivity index (χ1v) is 6.98. The van der Waals surface area contributed by atoms with Crippen molar-refractivity contribution in [2.45, 2.75) is 26.8 Å². The molecular weight excluding hydrogens is 319 g/mol. The third-order valence-electron chi connectivity index (χ3n) is 2.58. The van der Waals surface area contributed by atoms with Gasteiger partial charge in [0.15, 0.2) is 0 Å². The van der Waals surface area contributed by atoms with Crippen LogP contribution in [0.3, 0.4) is 0 Å². The Labute approximate surface area is 139 Å². The van der Waals surface area contributed by atoms with Gasteiger partial charge in [-0.1, -0.05) is 24.6 Å². The van der Waals surface area contributed by atoms with E-state index in [1.165, 1.54) is 5.56 Å². The molecule has 3 nitrogen and oxygen atoms in total. The van der Waals surface area contributed by atoms with Gasteiger partial charge in [0.2, 0.25) is 0 Å². The Balaban J connectivity index is 0. The van der Waals surface area contributed by atoms with Crippen molar-refractivity contribution in [3.63, 3.8) is 0 Å². The smallest absolute Gasteiger partial charge is 0.137 e. The van der Waals surface area contributed by atoms with E-state index in [2.05, 4.69) is 17.6 Å². The van der Waals surface area contributed by atoms with Gasteiger partial charge in [0.05, 0.1) is 11.6 Å². The van der Waals surface area contributed by atoms with E-state index >= 15 is 0 Å². The maximum Gasteiger partial charge on any atom is 0.137 e. The van der Waals surface area contributed by atoms with Crippen molar-refractivity contribution in [1.82, 2.24) is 10.6 Å². The van der Waals surface area contributed by atoms with Crippen LogP contribution in [0.4, 0.5) is 0 Å². The van der Waals surface area contributed by atoms with Crippen LogP contribution in [0.5, 0.6) is 5.75 Å². The molecule has 0 saturated carbocycles. The molecule has 0 heterocycles.